The van der Waals surface area contributed by atoms with Gasteiger partial charge in [-0.25, -0.2) is 0 Å². The number of amides is 1. The number of hydrogen-bond acceptors (Lipinski definition) is 5. The minimum Gasteiger partial charge on any atom is -0.493 e. The zero-order valence-electron chi connectivity index (χ0n) is 14.9. The maximum absolute atomic E-state index is 12.7. The van der Waals surface area contributed by atoms with E-state index in [0.29, 0.717) is 17.2 Å². The van der Waals surface area contributed by atoms with Crippen molar-refractivity contribution in [1.29, 1.82) is 5.26 Å². The van der Waals surface area contributed by atoms with Crippen LogP contribution in [0.1, 0.15) is 31.1 Å². The molecule has 0 fully saturated rings. The molecule has 0 spiro atoms. The van der Waals surface area contributed by atoms with Crippen molar-refractivity contribution in [1.82, 2.24) is 5.32 Å². The fraction of sp³-hybridized carbons (Fsp3) is 0.444. The van der Waals surface area contributed by atoms with Gasteiger partial charge in [0, 0.05) is 5.56 Å². The van der Waals surface area contributed by atoms with Gasteiger partial charge in [-0.2, -0.15) is 5.26 Å². The summed E-state index contributed by atoms with van der Waals surface area (Å²) in [6, 6.07) is 5.20. The molecule has 0 aliphatic heterocycles. The first-order valence-electron chi connectivity index (χ1n) is 7.38. The molecule has 1 unspecified atom stereocenters. The van der Waals surface area contributed by atoms with E-state index in [1.165, 1.54) is 26.4 Å². The third-order valence-corrected chi connectivity index (χ3v) is 4.88. The summed E-state index contributed by atoms with van der Waals surface area (Å²) in [5.41, 5.74) is -0.784. The van der Waals surface area contributed by atoms with Gasteiger partial charge in [-0.3, -0.25) is 4.79 Å². The van der Waals surface area contributed by atoms with E-state index < -0.39 is 14.9 Å². The summed E-state index contributed by atoms with van der Waals surface area (Å²) >= 11 is 2.13. The Morgan fingerprint density at radius 3 is 2.16 bits per heavy atom. The number of nitrogens with one attached hydrogen (secondary N) is 1. The van der Waals surface area contributed by atoms with Crippen LogP contribution in [0.15, 0.2) is 12.1 Å². The molecule has 0 aromatic heterocycles. The van der Waals surface area contributed by atoms with Crippen LogP contribution in [-0.2, 0) is 0 Å². The first-order chi connectivity index (χ1) is 11.6. The van der Waals surface area contributed by atoms with Gasteiger partial charge < -0.3 is 19.5 Å². The van der Waals surface area contributed by atoms with E-state index in [-0.39, 0.29) is 12.2 Å². The number of halogens is 1. The lowest BCUT2D eigenvalue weighted by Gasteiger charge is -2.34. The van der Waals surface area contributed by atoms with Crippen molar-refractivity contribution in [2.24, 2.45) is 0 Å². The molecule has 0 radical (unpaired) electrons. The molecule has 6 nitrogen and oxygen atoms in total. The van der Waals surface area contributed by atoms with E-state index in [9.17, 15) is 10.1 Å². The molecule has 1 N–H and O–H groups in total. The highest BCUT2D eigenvalue weighted by molar-refractivity contribution is 14.1. The highest BCUT2D eigenvalue weighted by Gasteiger charge is 2.41. The number of rotatable bonds is 7. The van der Waals surface area contributed by atoms with Crippen LogP contribution in [0.5, 0.6) is 17.2 Å². The van der Waals surface area contributed by atoms with Gasteiger partial charge in [0.2, 0.25) is 5.75 Å². The van der Waals surface area contributed by atoms with Crippen LogP contribution in [0.3, 0.4) is 0 Å². The molecule has 0 saturated carbocycles. The van der Waals surface area contributed by atoms with E-state index in [0.717, 1.165) is 0 Å². The molecular formula is C18H21IN2O4. The Hall–Kier alpha value is -2.13. The number of alkyl halides is 1. The number of terminal acetylenes is 1. The van der Waals surface area contributed by atoms with Gasteiger partial charge in [0.1, 0.15) is 12.1 Å². The van der Waals surface area contributed by atoms with E-state index in [4.69, 9.17) is 20.6 Å². The smallest absolute Gasteiger partial charge is 0.252 e. The van der Waals surface area contributed by atoms with Crippen LogP contribution in [0.4, 0.5) is 0 Å². The molecule has 1 aromatic carbocycles. The van der Waals surface area contributed by atoms with Crippen LogP contribution >= 0.6 is 22.6 Å². The fourth-order valence-corrected chi connectivity index (χ4v) is 2.13. The molecule has 0 heterocycles. The SMILES string of the molecule is C#CCOc1c(OC)cc(C(=O)NC(C)(C#N)C(C)(C)I)cc1OC. The zero-order valence-corrected chi connectivity index (χ0v) is 17.1. The van der Waals surface area contributed by atoms with Crippen molar-refractivity contribution in [3.05, 3.63) is 17.7 Å². The second-order valence-corrected chi connectivity index (χ2v) is 8.56. The van der Waals surface area contributed by atoms with Gasteiger partial charge in [0.25, 0.3) is 5.91 Å². The zero-order chi connectivity index (χ0) is 19.3. The third kappa shape index (κ3) is 4.70. The monoisotopic (exact) mass is 456 g/mol. The lowest BCUT2D eigenvalue weighted by atomic mass is 9.89. The van der Waals surface area contributed by atoms with Crippen LogP contribution in [-0.4, -0.2) is 35.7 Å². The molecule has 0 saturated heterocycles. The Balaban J connectivity index is 3.28. The third-order valence-electron chi connectivity index (χ3n) is 3.80. The maximum atomic E-state index is 12.7. The predicted molar refractivity (Wildman–Crippen MR) is 103 cm³/mol. The lowest BCUT2D eigenvalue weighted by molar-refractivity contribution is 0.0915. The fourth-order valence-electron chi connectivity index (χ4n) is 1.88. The second kappa shape index (κ2) is 8.30. The van der Waals surface area contributed by atoms with Crippen LogP contribution in [0.2, 0.25) is 0 Å². The molecule has 0 aliphatic carbocycles. The molecule has 1 amide bonds. The highest BCUT2D eigenvalue weighted by Crippen LogP contribution is 2.39. The Kier molecular flexibility index (Phi) is 6.95. The minimum atomic E-state index is -1.07. The van der Waals surface area contributed by atoms with Crippen LogP contribution in [0, 0.1) is 23.7 Å². The summed E-state index contributed by atoms with van der Waals surface area (Å²) in [7, 11) is 2.90. The normalized spacial score (nSPS) is 13.0. The summed E-state index contributed by atoms with van der Waals surface area (Å²) in [6.45, 7) is 5.45. The Morgan fingerprint density at radius 1 is 1.28 bits per heavy atom. The molecule has 1 rings (SSSR count). The highest BCUT2D eigenvalue weighted by atomic mass is 127. The van der Waals surface area contributed by atoms with Gasteiger partial charge in [0.05, 0.1) is 23.7 Å². The van der Waals surface area contributed by atoms with Crippen molar-refractivity contribution in [2.45, 2.75) is 29.7 Å². The van der Waals surface area contributed by atoms with E-state index in [2.05, 4.69) is 39.9 Å². The summed E-state index contributed by atoms with van der Waals surface area (Å²) in [5, 5.41) is 12.3. The average molecular weight is 456 g/mol. The Bertz CT molecular complexity index is 703. The first kappa shape index (κ1) is 20.9. The number of ether oxygens (including phenoxy) is 3. The topological polar surface area (TPSA) is 80.6 Å². The van der Waals surface area contributed by atoms with E-state index >= 15 is 0 Å². The summed E-state index contributed by atoms with van der Waals surface area (Å²) < 4.78 is 15.5. The van der Waals surface area contributed by atoms with Crippen molar-refractivity contribution >= 4 is 28.5 Å². The maximum Gasteiger partial charge on any atom is 0.252 e. The van der Waals surface area contributed by atoms with Crippen molar-refractivity contribution in [2.75, 3.05) is 20.8 Å². The van der Waals surface area contributed by atoms with Gasteiger partial charge >= 0.3 is 0 Å². The van der Waals surface area contributed by atoms with Gasteiger partial charge in [-0.05, 0) is 32.9 Å². The Labute approximate surface area is 162 Å². The predicted octanol–water partition coefficient (Wildman–Crippen LogP) is 2.94. The average Bonchev–Trinajstić information content (AvgIpc) is 2.57. The molecule has 1 aromatic rings. The number of benzene rings is 1. The van der Waals surface area contributed by atoms with Gasteiger partial charge in [-0.15, -0.1) is 6.42 Å². The quantitative estimate of drug-likeness (QED) is 0.388. The molecular weight excluding hydrogens is 435 g/mol. The second-order valence-electron chi connectivity index (χ2n) is 5.87. The largest absolute Gasteiger partial charge is 0.493 e. The molecule has 134 valence electrons. The number of hydrogen-bond donors (Lipinski definition) is 1. The minimum absolute atomic E-state index is 0.0355. The summed E-state index contributed by atoms with van der Waals surface area (Å²) in [6.07, 6.45) is 5.21. The standard InChI is InChI=1S/C18H21IN2O4/c1-7-8-25-15-13(23-5)9-12(10-14(15)24-6)16(22)21-18(4,11-20)17(2,3)19/h1,9-10H,8H2,2-6H3,(H,21,22). The molecule has 0 aliphatic rings. The number of nitriles is 1. The Morgan fingerprint density at radius 2 is 1.80 bits per heavy atom. The summed E-state index contributed by atoms with van der Waals surface area (Å²) in [5.74, 6) is 2.88. The lowest BCUT2D eigenvalue weighted by Crippen LogP contribution is -2.56. The molecule has 7 heteroatoms. The van der Waals surface area contributed by atoms with E-state index in [1.54, 1.807) is 6.92 Å². The van der Waals surface area contributed by atoms with Gasteiger partial charge in [0.15, 0.2) is 11.5 Å². The molecule has 25 heavy (non-hydrogen) atoms. The first-order valence-corrected chi connectivity index (χ1v) is 8.46. The number of carbonyl (C=O) groups excluding carboxylic acids is 1. The number of methoxy groups -OCH3 is 2. The van der Waals surface area contributed by atoms with Gasteiger partial charge in [-0.1, -0.05) is 28.5 Å². The van der Waals surface area contributed by atoms with Crippen LogP contribution in [0.25, 0.3) is 0 Å². The van der Waals surface area contributed by atoms with Crippen LogP contribution < -0.4 is 19.5 Å². The number of carbonyl (C=O) groups is 1. The number of nitrogens with zero attached hydrogens (tertiary/aromatic N) is 1. The van der Waals surface area contributed by atoms with E-state index in [1.807, 2.05) is 13.8 Å². The van der Waals surface area contributed by atoms with Crippen molar-refractivity contribution < 1.29 is 19.0 Å². The summed E-state index contributed by atoms with van der Waals surface area (Å²) in [4.78, 5) is 12.7. The molecule has 1 atom stereocenters. The van der Waals surface area contributed by atoms with Crippen molar-refractivity contribution in [3.8, 4) is 35.7 Å². The molecule has 0 bridgehead atoms. The van der Waals surface area contributed by atoms with Crippen molar-refractivity contribution in [3.63, 3.8) is 0 Å².